The molecule has 0 aliphatic carbocycles. The Bertz CT molecular complexity index is 829. The van der Waals surface area contributed by atoms with Crippen molar-refractivity contribution in [3.05, 3.63) is 35.7 Å². The molecule has 1 atom stereocenters. The minimum atomic E-state index is -3.65. The number of hydrogen-bond acceptors (Lipinski definition) is 5. The smallest absolute Gasteiger partial charge is 0.244 e. The predicted molar refractivity (Wildman–Crippen MR) is 83.9 cm³/mol. The van der Waals surface area contributed by atoms with Gasteiger partial charge in [0.15, 0.2) is 11.5 Å². The zero-order chi connectivity index (χ0) is 16.6. The Morgan fingerprint density at radius 2 is 2.09 bits per heavy atom. The summed E-state index contributed by atoms with van der Waals surface area (Å²) in [5, 5.41) is 4.09. The number of fused-ring (bicyclic) bond motifs is 1. The van der Waals surface area contributed by atoms with Crippen LogP contribution in [0.1, 0.15) is 31.1 Å². The van der Waals surface area contributed by atoms with E-state index in [0.29, 0.717) is 23.7 Å². The van der Waals surface area contributed by atoms with Crippen molar-refractivity contribution in [1.82, 2.24) is 14.5 Å². The third-order valence-corrected chi connectivity index (χ3v) is 5.52. The van der Waals surface area contributed by atoms with E-state index >= 15 is 0 Å². The Morgan fingerprint density at radius 1 is 1.35 bits per heavy atom. The van der Waals surface area contributed by atoms with Crippen molar-refractivity contribution < 1.29 is 17.9 Å². The molecular weight excluding hydrogens is 318 g/mol. The molecule has 124 valence electrons. The molecule has 1 unspecified atom stereocenters. The summed E-state index contributed by atoms with van der Waals surface area (Å²) in [6.07, 6.45) is 1.38. The minimum absolute atomic E-state index is 0.189. The van der Waals surface area contributed by atoms with Crippen LogP contribution in [-0.4, -0.2) is 25.0 Å². The third kappa shape index (κ3) is 2.91. The fraction of sp³-hybridized carbons (Fsp3) is 0.400. The van der Waals surface area contributed by atoms with Gasteiger partial charge in [-0.15, -0.1) is 0 Å². The molecule has 0 saturated carbocycles. The van der Waals surface area contributed by atoms with Crippen molar-refractivity contribution >= 4 is 10.0 Å². The molecule has 0 radical (unpaired) electrons. The zero-order valence-corrected chi connectivity index (χ0v) is 14.1. The lowest BCUT2D eigenvalue weighted by Gasteiger charge is -2.15. The SMILES string of the molecule is CCn1ncc(S(=O)(=O)NC(C)c2ccc3c(c2)OCO3)c1C. The Morgan fingerprint density at radius 3 is 2.78 bits per heavy atom. The first-order chi connectivity index (χ1) is 10.9. The Hall–Kier alpha value is -2.06. The zero-order valence-electron chi connectivity index (χ0n) is 13.2. The molecule has 0 spiro atoms. The first-order valence-corrected chi connectivity index (χ1v) is 8.85. The molecule has 0 fully saturated rings. The van der Waals surface area contributed by atoms with E-state index in [0.717, 1.165) is 5.56 Å². The summed E-state index contributed by atoms with van der Waals surface area (Å²) < 4.78 is 40.1. The van der Waals surface area contributed by atoms with Crippen LogP contribution in [0.4, 0.5) is 0 Å². The molecule has 7 nitrogen and oxygen atoms in total. The highest BCUT2D eigenvalue weighted by Crippen LogP contribution is 2.34. The van der Waals surface area contributed by atoms with Gasteiger partial charge >= 0.3 is 0 Å². The normalized spacial score (nSPS) is 14.9. The molecule has 0 saturated heterocycles. The summed E-state index contributed by atoms with van der Waals surface area (Å²) in [4.78, 5) is 0.201. The molecule has 3 rings (SSSR count). The van der Waals surface area contributed by atoms with Crippen LogP contribution in [-0.2, 0) is 16.6 Å². The molecule has 8 heteroatoms. The number of benzene rings is 1. The molecule has 2 aromatic rings. The van der Waals surface area contributed by atoms with Crippen molar-refractivity contribution in [3.63, 3.8) is 0 Å². The van der Waals surface area contributed by atoms with Gasteiger partial charge in [0.2, 0.25) is 16.8 Å². The van der Waals surface area contributed by atoms with Crippen LogP contribution in [0.3, 0.4) is 0 Å². The van der Waals surface area contributed by atoms with Crippen LogP contribution < -0.4 is 14.2 Å². The lowest BCUT2D eigenvalue weighted by atomic mass is 10.1. The largest absolute Gasteiger partial charge is 0.454 e. The van der Waals surface area contributed by atoms with Crippen LogP contribution >= 0.6 is 0 Å². The maximum atomic E-state index is 12.6. The lowest BCUT2D eigenvalue weighted by Crippen LogP contribution is -2.27. The second-order valence-electron chi connectivity index (χ2n) is 5.37. The molecule has 1 N–H and O–H groups in total. The van der Waals surface area contributed by atoms with Gasteiger partial charge in [0.05, 0.1) is 11.9 Å². The monoisotopic (exact) mass is 337 g/mol. The van der Waals surface area contributed by atoms with E-state index in [-0.39, 0.29) is 11.7 Å². The van der Waals surface area contributed by atoms with Crippen molar-refractivity contribution in [1.29, 1.82) is 0 Å². The van der Waals surface area contributed by atoms with Gasteiger partial charge < -0.3 is 9.47 Å². The Balaban J connectivity index is 1.83. The van der Waals surface area contributed by atoms with Gasteiger partial charge in [0.1, 0.15) is 4.90 Å². The highest BCUT2D eigenvalue weighted by atomic mass is 32.2. The van der Waals surface area contributed by atoms with Crippen molar-refractivity contribution in [3.8, 4) is 11.5 Å². The number of nitrogens with one attached hydrogen (secondary N) is 1. The molecule has 0 bridgehead atoms. The van der Waals surface area contributed by atoms with Gasteiger partial charge in [0.25, 0.3) is 0 Å². The third-order valence-electron chi connectivity index (χ3n) is 3.88. The van der Waals surface area contributed by atoms with E-state index in [1.165, 1.54) is 6.20 Å². The number of ether oxygens (including phenoxy) is 2. The second kappa shape index (κ2) is 5.86. The highest BCUT2D eigenvalue weighted by Gasteiger charge is 2.24. The number of nitrogens with zero attached hydrogens (tertiary/aromatic N) is 2. The molecule has 1 aliphatic rings. The summed E-state index contributed by atoms with van der Waals surface area (Å²) in [7, 11) is -3.65. The number of sulfonamides is 1. The lowest BCUT2D eigenvalue weighted by molar-refractivity contribution is 0.174. The fourth-order valence-electron chi connectivity index (χ4n) is 2.56. The summed E-state index contributed by atoms with van der Waals surface area (Å²) >= 11 is 0. The van der Waals surface area contributed by atoms with Crippen LogP contribution in [0.15, 0.2) is 29.3 Å². The van der Waals surface area contributed by atoms with Gasteiger partial charge in [-0.2, -0.15) is 5.10 Å². The van der Waals surface area contributed by atoms with Crippen LogP contribution in [0, 0.1) is 6.92 Å². The number of rotatable bonds is 5. The molecule has 1 aromatic heterocycles. The summed E-state index contributed by atoms with van der Waals surface area (Å²) in [5.74, 6) is 1.30. The second-order valence-corrected chi connectivity index (χ2v) is 7.05. The van der Waals surface area contributed by atoms with Crippen LogP contribution in [0.5, 0.6) is 11.5 Å². The van der Waals surface area contributed by atoms with Gasteiger partial charge in [-0.25, -0.2) is 13.1 Å². The first kappa shape index (κ1) is 15.8. The highest BCUT2D eigenvalue weighted by molar-refractivity contribution is 7.89. The van der Waals surface area contributed by atoms with E-state index in [9.17, 15) is 8.42 Å². The summed E-state index contributed by atoms with van der Waals surface area (Å²) in [5.41, 5.74) is 1.43. The number of aromatic nitrogens is 2. The van der Waals surface area contributed by atoms with Gasteiger partial charge in [-0.05, 0) is 38.5 Å². The van der Waals surface area contributed by atoms with E-state index in [1.807, 2.05) is 13.0 Å². The topological polar surface area (TPSA) is 82.5 Å². The quantitative estimate of drug-likeness (QED) is 0.902. The molecule has 1 aliphatic heterocycles. The first-order valence-electron chi connectivity index (χ1n) is 7.36. The van der Waals surface area contributed by atoms with Crippen LogP contribution in [0.25, 0.3) is 0 Å². The molecule has 23 heavy (non-hydrogen) atoms. The van der Waals surface area contributed by atoms with E-state index in [2.05, 4.69) is 9.82 Å². The maximum absolute atomic E-state index is 12.6. The average molecular weight is 337 g/mol. The van der Waals surface area contributed by atoms with Gasteiger partial charge in [-0.1, -0.05) is 6.07 Å². The van der Waals surface area contributed by atoms with Crippen LogP contribution in [0.2, 0.25) is 0 Å². The fourth-order valence-corrected chi connectivity index (χ4v) is 3.97. The summed E-state index contributed by atoms with van der Waals surface area (Å²) in [6.45, 7) is 6.26. The van der Waals surface area contributed by atoms with Crippen molar-refractivity contribution in [2.24, 2.45) is 0 Å². The standard InChI is InChI=1S/C15H19N3O4S/c1-4-18-11(3)15(8-16-18)23(19,20)17-10(2)12-5-6-13-14(7-12)22-9-21-13/h5-8,10,17H,4,9H2,1-3H3. The number of hydrogen-bond donors (Lipinski definition) is 1. The van der Waals surface area contributed by atoms with Crippen molar-refractivity contribution in [2.45, 2.75) is 38.3 Å². The molecule has 0 amide bonds. The van der Waals surface area contributed by atoms with E-state index < -0.39 is 16.1 Å². The van der Waals surface area contributed by atoms with Crippen molar-refractivity contribution in [2.75, 3.05) is 6.79 Å². The van der Waals surface area contributed by atoms with Gasteiger partial charge in [0, 0.05) is 12.6 Å². The predicted octanol–water partition coefficient (Wildman–Crippen LogP) is 1.98. The number of aryl methyl sites for hydroxylation is 1. The summed E-state index contributed by atoms with van der Waals surface area (Å²) in [6, 6.07) is 4.99. The van der Waals surface area contributed by atoms with Gasteiger partial charge in [-0.3, -0.25) is 4.68 Å². The Labute approximate surface area is 135 Å². The Kier molecular flexibility index (Phi) is 4.03. The van der Waals surface area contributed by atoms with E-state index in [1.54, 1.807) is 30.7 Å². The maximum Gasteiger partial charge on any atom is 0.244 e. The minimum Gasteiger partial charge on any atom is -0.454 e. The average Bonchev–Trinajstić information content (AvgIpc) is 3.11. The molecular formula is C15H19N3O4S. The van der Waals surface area contributed by atoms with E-state index in [4.69, 9.17) is 9.47 Å². The molecule has 1 aromatic carbocycles. The molecule has 2 heterocycles.